The van der Waals surface area contributed by atoms with Crippen molar-refractivity contribution in [1.82, 2.24) is 5.32 Å². The third-order valence-corrected chi connectivity index (χ3v) is 4.10. The van der Waals surface area contributed by atoms with Gasteiger partial charge in [0.2, 0.25) is 0 Å². The van der Waals surface area contributed by atoms with Gasteiger partial charge in [0.1, 0.15) is 0 Å². The number of amides is 2. The van der Waals surface area contributed by atoms with Crippen molar-refractivity contribution < 1.29 is 9.59 Å². The second-order valence-electron chi connectivity index (χ2n) is 5.44. The van der Waals surface area contributed by atoms with Crippen LogP contribution in [0.3, 0.4) is 0 Å². The van der Waals surface area contributed by atoms with Gasteiger partial charge in [-0.25, -0.2) is 0 Å². The summed E-state index contributed by atoms with van der Waals surface area (Å²) in [5.74, 6) is -0.541. The fraction of sp³-hybridized carbons (Fsp3) is 0.222. The SMILES string of the molecule is CCC(C)NC(=O)c1cccc(NC(=O)c2ccc(Cl)cc2Cl)c1. The van der Waals surface area contributed by atoms with Gasteiger partial charge in [-0.05, 0) is 49.7 Å². The molecule has 0 fully saturated rings. The number of carbonyl (C=O) groups is 2. The first kappa shape index (κ1) is 18.3. The maximum atomic E-state index is 12.3. The molecule has 0 radical (unpaired) electrons. The largest absolute Gasteiger partial charge is 0.350 e. The molecular weight excluding hydrogens is 347 g/mol. The van der Waals surface area contributed by atoms with E-state index in [1.807, 2.05) is 13.8 Å². The first-order valence-electron chi connectivity index (χ1n) is 7.58. The topological polar surface area (TPSA) is 58.2 Å². The molecule has 2 aromatic carbocycles. The van der Waals surface area contributed by atoms with Crippen LogP contribution in [0.4, 0.5) is 5.69 Å². The minimum atomic E-state index is -0.365. The molecule has 0 spiro atoms. The monoisotopic (exact) mass is 364 g/mol. The standard InChI is InChI=1S/C18H18Cl2N2O2/c1-3-11(2)21-17(23)12-5-4-6-14(9-12)22-18(24)15-8-7-13(19)10-16(15)20/h4-11H,3H2,1-2H3,(H,21,23)(H,22,24). The Hall–Kier alpha value is -2.04. The van der Waals surface area contributed by atoms with Crippen molar-refractivity contribution in [3.63, 3.8) is 0 Å². The molecule has 0 saturated carbocycles. The predicted octanol–water partition coefficient (Wildman–Crippen LogP) is 4.77. The van der Waals surface area contributed by atoms with Crippen LogP contribution in [0.15, 0.2) is 42.5 Å². The van der Waals surface area contributed by atoms with E-state index in [1.54, 1.807) is 36.4 Å². The third-order valence-electron chi connectivity index (χ3n) is 3.55. The zero-order valence-electron chi connectivity index (χ0n) is 13.4. The van der Waals surface area contributed by atoms with Crippen molar-refractivity contribution in [2.45, 2.75) is 26.3 Å². The number of hydrogen-bond acceptors (Lipinski definition) is 2. The van der Waals surface area contributed by atoms with Crippen molar-refractivity contribution >= 4 is 40.7 Å². The summed E-state index contributed by atoms with van der Waals surface area (Å²) in [6.45, 7) is 3.93. The third kappa shape index (κ3) is 4.73. The summed E-state index contributed by atoms with van der Waals surface area (Å²) in [6, 6.07) is 11.5. The zero-order valence-corrected chi connectivity index (χ0v) is 14.9. The number of hydrogen-bond donors (Lipinski definition) is 2. The molecule has 2 rings (SSSR count). The summed E-state index contributed by atoms with van der Waals surface area (Å²) in [4.78, 5) is 24.5. The number of carbonyl (C=O) groups excluding carboxylic acids is 2. The van der Waals surface area contributed by atoms with Gasteiger partial charge in [0.15, 0.2) is 0 Å². The van der Waals surface area contributed by atoms with Gasteiger partial charge in [-0.3, -0.25) is 9.59 Å². The van der Waals surface area contributed by atoms with Crippen LogP contribution < -0.4 is 10.6 Å². The van der Waals surface area contributed by atoms with Crippen molar-refractivity contribution in [1.29, 1.82) is 0 Å². The Morgan fingerprint density at radius 1 is 1.08 bits per heavy atom. The zero-order chi connectivity index (χ0) is 17.7. The Bertz CT molecular complexity index is 762. The summed E-state index contributed by atoms with van der Waals surface area (Å²) in [5, 5.41) is 6.35. The predicted molar refractivity (Wildman–Crippen MR) is 98.1 cm³/mol. The molecule has 0 aliphatic heterocycles. The summed E-state index contributed by atoms with van der Waals surface area (Å²) in [5.41, 5.74) is 1.31. The number of halogens is 2. The molecule has 0 bridgehead atoms. The average Bonchev–Trinajstić information content (AvgIpc) is 2.54. The molecule has 4 nitrogen and oxygen atoms in total. The Balaban J connectivity index is 2.14. The lowest BCUT2D eigenvalue weighted by atomic mass is 10.1. The van der Waals surface area contributed by atoms with Crippen LogP contribution in [0.2, 0.25) is 10.0 Å². The van der Waals surface area contributed by atoms with Gasteiger partial charge < -0.3 is 10.6 Å². The number of rotatable bonds is 5. The maximum Gasteiger partial charge on any atom is 0.257 e. The molecule has 1 unspecified atom stereocenters. The highest BCUT2D eigenvalue weighted by Crippen LogP contribution is 2.22. The highest BCUT2D eigenvalue weighted by Gasteiger charge is 2.13. The van der Waals surface area contributed by atoms with E-state index in [-0.39, 0.29) is 22.9 Å². The van der Waals surface area contributed by atoms with Crippen molar-refractivity contribution in [2.75, 3.05) is 5.32 Å². The van der Waals surface area contributed by atoms with E-state index in [4.69, 9.17) is 23.2 Å². The molecular formula is C18H18Cl2N2O2. The van der Waals surface area contributed by atoms with E-state index >= 15 is 0 Å². The van der Waals surface area contributed by atoms with Crippen LogP contribution in [-0.4, -0.2) is 17.9 Å². The van der Waals surface area contributed by atoms with Crippen molar-refractivity contribution in [3.8, 4) is 0 Å². The second-order valence-corrected chi connectivity index (χ2v) is 6.29. The molecule has 0 heterocycles. The molecule has 0 saturated heterocycles. The summed E-state index contributed by atoms with van der Waals surface area (Å²) in [7, 11) is 0. The van der Waals surface area contributed by atoms with Crippen LogP contribution >= 0.6 is 23.2 Å². The van der Waals surface area contributed by atoms with Crippen LogP contribution in [0.25, 0.3) is 0 Å². The molecule has 2 amide bonds. The van der Waals surface area contributed by atoms with Gasteiger partial charge in [-0.1, -0.05) is 36.2 Å². The van der Waals surface area contributed by atoms with E-state index in [9.17, 15) is 9.59 Å². The fourth-order valence-electron chi connectivity index (χ4n) is 2.02. The summed E-state index contributed by atoms with van der Waals surface area (Å²) in [6.07, 6.45) is 0.844. The van der Waals surface area contributed by atoms with E-state index in [2.05, 4.69) is 10.6 Å². The maximum absolute atomic E-state index is 12.3. The first-order chi connectivity index (χ1) is 11.4. The molecule has 0 aliphatic carbocycles. The Morgan fingerprint density at radius 2 is 1.83 bits per heavy atom. The molecule has 1 atom stereocenters. The highest BCUT2D eigenvalue weighted by molar-refractivity contribution is 6.37. The van der Waals surface area contributed by atoms with Gasteiger partial charge in [-0.2, -0.15) is 0 Å². The van der Waals surface area contributed by atoms with E-state index in [0.29, 0.717) is 21.8 Å². The van der Waals surface area contributed by atoms with Crippen LogP contribution in [-0.2, 0) is 0 Å². The quantitative estimate of drug-likeness (QED) is 0.802. The fourth-order valence-corrected chi connectivity index (χ4v) is 2.51. The molecule has 2 aromatic rings. The lowest BCUT2D eigenvalue weighted by Gasteiger charge is -2.12. The molecule has 0 aromatic heterocycles. The Kier molecular flexibility index (Phi) is 6.23. The number of benzene rings is 2. The molecule has 6 heteroatoms. The molecule has 0 aliphatic rings. The number of anilines is 1. The Morgan fingerprint density at radius 3 is 2.50 bits per heavy atom. The van der Waals surface area contributed by atoms with Gasteiger partial charge in [0, 0.05) is 22.3 Å². The Labute approximate surface area is 151 Å². The second kappa shape index (κ2) is 8.18. The van der Waals surface area contributed by atoms with Crippen molar-refractivity contribution in [3.05, 3.63) is 63.6 Å². The van der Waals surface area contributed by atoms with Crippen molar-refractivity contribution in [2.24, 2.45) is 0 Å². The van der Waals surface area contributed by atoms with E-state index < -0.39 is 0 Å². The van der Waals surface area contributed by atoms with Gasteiger partial charge in [0.25, 0.3) is 11.8 Å². The number of nitrogens with one attached hydrogen (secondary N) is 2. The summed E-state index contributed by atoms with van der Waals surface area (Å²) >= 11 is 11.9. The lowest BCUT2D eigenvalue weighted by Crippen LogP contribution is -2.31. The minimum Gasteiger partial charge on any atom is -0.350 e. The van der Waals surface area contributed by atoms with Crippen LogP contribution in [0.1, 0.15) is 41.0 Å². The van der Waals surface area contributed by atoms with Gasteiger partial charge in [0.05, 0.1) is 10.6 Å². The van der Waals surface area contributed by atoms with E-state index in [0.717, 1.165) is 6.42 Å². The molecule has 2 N–H and O–H groups in total. The summed E-state index contributed by atoms with van der Waals surface area (Å²) < 4.78 is 0. The van der Waals surface area contributed by atoms with E-state index in [1.165, 1.54) is 6.07 Å². The normalized spacial score (nSPS) is 11.7. The lowest BCUT2D eigenvalue weighted by molar-refractivity contribution is 0.0938. The van der Waals surface area contributed by atoms with Gasteiger partial charge >= 0.3 is 0 Å². The molecule has 24 heavy (non-hydrogen) atoms. The van der Waals surface area contributed by atoms with Crippen LogP contribution in [0.5, 0.6) is 0 Å². The van der Waals surface area contributed by atoms with Gasteiger partial charge in [-0.15, -0.1) is 0 Å². The van der Waals surface area contributed by atoms with Crippen LogP contribution in [0, 0.1) is 0 Å². The highest BCUT2D eigenvalue weighted by atomic mass is 35.5. The smallest absolute Gasteiger partial charge is 0.257 e. The molecule has 126 valence electrons. The minimum absolute atomic E-state index is 0.0867. The average molecular weight is 365 g/mol. The first-order valence-corrected chi connectivity index (χ1v) is 8.33.